The van der Waals surface area contributed by atoms with E-state index in [-0.39, 0.29) is 6.04 Å². The van der Waals surface area contributed by atoms with Crippen LogP contribution >= 0.6 is 33.9 Å². The second-order valence-corrected chi connectivity index (χ2v) is 6.57. The highest BCUT2D eigenvalue weighted by Gasteiger charge is 2.20. The van der Waals surface area contributed by atoms with E-state index in [9.17, 15) is 0 Å². The van der Waals surface area contributed by atoms with Crippen LogP contribution in [-0.2, 0) is 0 Å². The van der Waals surface area contributed by atoms with E-state index in [0.29, 0.717) is 0 Å². The largest absolute Gasteiger partial charge is 0.383 e. The first-order valence-electron chi connectivity index (χ1n) is 5.35. The van der Waals surface area contributed by atoms with Gasteiger partial charge in [-0.1, -0.05) is 0 Å². The normalized spacial score (nSPS) is 13.0. The van der Waals surface area contributed by atoms with Gasteiger partial charge in [-0.2, -0.15) is 5.10 Å². The van der Waals surface area contributed by atoms with E-state index in [1.807, 2.05) is 18.5 Å². The van der Waals surface area contributed by atoms with Crippen LogP contribution in [0.15, 0.2) is 0 Å². The molecule has 2 rings (SSSR count). The first kappa shape index (κ1) is 12.8. The molecule has 2 aromatic rings. The van der Waals surface area contributed by atoms with Gasteiger partial charge in [-0.3, -0.25) is 0 Å². The number of nitrogen functional groups attached to an aromatic ring is 1. The van der Waals surface area contributed by atoms with Crippen molar-refractivity contribution < 1.29 is 0 Å². The lowest BCUT2D eigenvalue weighted by molar-refractivity contribution is 0.555. The highest BCUT2D eigenvalue weighted by atomic mass is 127. The summed E-state index contributed by atoms with van der Waals surface area (Å²) in [7, 11) is 0. The molecule has 0 fully saturated rings. The zero-order valence-electron chi connectivity index (χ0n) is 10.3. The summed E-state index contributed by atoms with van der Waals surface area (Å²) in [5, 5.41) is 5.57. The summed E-state index contributed by atoms with van der Waals surface area (Å²) in [5.74, 6) is 0.723. The Morgan fingerprint density at radius 2 is 2.00 bits per heavy atom. The molecule has 0 aromatic carbocycles. The molecule has 0 radical (unpaired) electrons. The first-order chi connectivity index (χ1) is 7.91. The summed E-state index contributed by atoms with van der Waals surface area (Å²) in [6, 6.07) is 0.0853. The summed E-state index contributed by atoms with van der Waals surface area (Å²) in [6.07, 6.45) is 0. The van der Waals surface area contributed by atoms with Crippen molar-refractivity contribution in [1.82, 2.24) is 14.8 Å². The molecule has 17 heavy (non-hydrogen) atoms. The van der Waals surface area contributed by atoms with Crippen LogP contribution < -0.4 is 5.73 Å². The van der Waals surface area contributed by atoms with E-state index < -0.39 is 0 Å². The van der Waals surface area contributed by atoms with Crippen molar-refractivity contribution in [3.63, 3.8) is 0 Å². The van der Waals surface area contributed by atoms with Crippen molar-refractivity contribution in [2.75, 3.05) is 5.73 Å². The highest BCUT2D eigenvalue weighted by Crippen LogP contribution is 2.29. The molecule has 0 spiro atoms. The Balaban J connectivity index is 2.47. The molecule has 0 aliphatic rings. The molecule has 0 bridgehead atoms. The fourth-order valence-electron chi connectivity index (χ4n) is 1.89. The second kappa shape index (κ2) is 4.56. The van der Waals surface area contributed by atoms with Gasteiger partial charge >= 0.3 is 0 Å². The summed E-state index contributed by atoms with van der Waals surface area (Å²) < 4.78 is 2.89. The van der Waals surface area contributed by atoms with Crippen molar-refractivity contribution in [3.8, 4) is 0 Å². The Morgan fingerprint density at radius 1 is 1.35 bits per heavy atom. The number of hydrogen-bond acceptors (Lipinski definition) is 4. The lowest BCUT2D eigenvalue weighted by atomic mass is 10.2. The van der Waals surface area contributed by atoms with E-state index in [2.05, 4.69) is 46.5 Å². The minimum absolute atomic E-state index is 0.0853. The lowest BCUT2D eigenvalue weighted by Gasteiger charge is -2.12. The van der Waals surface area contributed by atoms with Crippen LogP contribution in [0.1, 0.15) is 34.2 Å². The fourth-order valence-corrected chi connectivity index (χ4v) is 3.15. The standard InChI is InChI=1S/C11H15IN4S/c1-5-9(12)11(13)16(15-5)6(2)10-7(3)17-8(4)14-10/h6H,13H2,1-4H3. The number of halogens is 1. The highest BCUT2D eigenvalue weighted by molar-refractivity contribution is 14.1. The second-order valence-electron chi connectivity index (χ2n) is 4.08. The van der Waals surface area contributed by atoms with Crippen LogP contribution in [0.5, 0.6) is 0 Å². The van der Waals surface area contributed by atoms with E-state index in [1.54, 1.807) is 11.3 Å². The number of thiazole rings is 1. The minimum Gasteiger partial charge on any atom is -0.383 e. The van der Waals surface area contributed by atoms with Gasteiger partial charge in [-0.05, 0) is 50.3 Å². The van der Waals surface area contributed by atoms with Gasteiger partial charge in [0, 0.05) is 4.88 Å². The predicted molar refractivity (Wildman–Crippen MR) is 79.5 cm³/mol. The van der Waals surface area contributed by atoms with Crippen molar-refractivity contribution in [2.45, 2.75) is 33.7 Å². The zero-order chi connectivity index (χ0) is 12.7. The summed E-state index contributed by atoms with van der Waals surface area (Å²) >= 11 is 3.94. The van der Waals surface area contributed by atoms with Gasteiger partial charge in [0.25, 0.3) is 0 Å². The SMILES string of the molecule is Cc1nc(C(C)n2nc(C)c(I)c2N)c(C)s1. The van der Waals surface area contributed by atoms with Gasteiger partial charge in [-0.15, -0.1) is 11.3 Å². The predicted octanol–water partition coefficient (Wildman–Crippen LogP) is 3.06. The minimum atomic E-state index is 0.0853. The molecule has 2 aromatic heterocycles. The average Bonchev–Trinajstić information content (AvgIpc) is 2.72. The zero-order valence-corrected chi connectivity index (χ0v) is 13.3. The smallest absolute Gasteiger partial charge is 0.136 e. The molecule has 1 atom stereocenters. The molecule has 2 heterocycles. The van der Waals surface area contributed by atoms with E-state index >= 15 is 0 Å². The number of anilines is 1. The quantitative estimate of drug-likeness (QED) is 0.836. The van der Waals surface area contributed by atoms with Crippen molar-refractivity contribution in [2.24, 2.45) is 0 Å². The van der Waals surface area contributed by atoms with Gasteiger partial charge in [0.2, 0.25) is 0 Å². The monoisotopic (exact) mass is 362 g/mol. The Labute approximate surface area is 118 Å². The summed E-state index contributed by atoms with van der Waals surface area (Å²) in [5.41, 5.74) is 8.11. The molecule has 0 amide bonds. The Hall–Kier alpha value is -0.630. The molecular weight excluding hydrogens is 347 g/mol. The van der Waals surface area contributed by atoms with Crippen LogP contribution in [0.4, 0.5) is 5.82 Å². The third-order valence-corrected chi connectivity index (χ3v) is 4.98. The van der Waals surface area contributed by atoms with Crippen molar-refractivity contribution >= 4 is 39.7 Å². The van der Waals surface area contributed by atoms with Gasteiger partial charge in [-0.25, -0.2) is 9.67 Å². The summed E-state index contributed by atoms with van der Waals surface area (Å²) in [4.78, 5) is 5.80. The van der Waals surface area contributed by atoms with Gasteiger partial charge in [0.1, 0.15) is 5.82 Å². The molecule has 1 unspecified atom stereocenters. The molecule has 92 valence electrons. The van der Waals surface area contributed by atoms with Crippen LogP contribution in [0.2, 0.25) is 0 Å². The van der Waals surface area contributed by atoms with E-state index in [4.69, 9.17) is 5.73 Å². The van der Waals surface area contributed by atoms with Crippen molar-refractivity contribution in [1.29, 1.82) is 0 Å². The Kier molecular flexibility index (Phi) is 3.44. The number of nitrogens with zero attached hydrogens (tertiary/aromatic N) is 3. The first-order valence-corrected chi connectivity index (χ1v) is 7.25. The third kappa shape index (κ3) is 2.20. The molecule has 0 aliphatic heterocycles. The molecule has 0 saturated heterocycles. The van der Waals surface area contributed by atoms with E-state index in [1.165, 1.54) is 4.88 Å². The summed E-state index contributed by atoms with van der Waals surface area (Å²) in [6.45, 7) is 8.17. The molecule has 6 heteroatoms. The van der Waals surface area contributed by atoms with Crippen molar-refractivity contribution in [3.05, 3.63) is 24.8 Å². The average molecular weight is 362 g/mol. The number of rotatable bonds is 2. The molecule has 0 saturated carbocycles. The number of aryl methyl sites for hydroxylation is 3. The Morgan fingerprint density at radius 3 is 2.41 bits per heavy atom. The van der Waals surface area contributed by atoms with Crippen LogP contribution in [0.3, 0.4) is 0 Å². The number of nitrogens with two attached hydrogens (primary N) is 1. The van der Waals surface area contributed by atoms with Gasteiger partial charge in [0.05, 0.1) is 26.0 Å². The fraction of sp³-hybridized carbons (Fsp3) is 0.455. The molecular formula is C11H15IN4S. The molecule has 2 N–H and O–H groups in total. The maximum absolute atomic E-state index is 6.07. The molecule has 0 aliphatic carbocycles. The topological polar surface area (TPSA) is 56.7 Å². The van der Waals surface area contributed by atoms with Crippen LogP contribution in [-0.4, -0.2) is 14.8 Å². The third-order valence-electron chi connectivity index (χ3n) is 2.75. The maximum atomic E-state index is 6.07. The van der Waals surface area contributed by atoms with Crippen LogP contribution in [0, 0.1) is 24.3 Å². The lowest BCUT2D eigenvalue weighted by Crippen LogP contribution is -2.13. The molecule has 4 nitrogen and oxygen atoms in total. The maximum Gasteiger partial charge on any atom is 0.136 e. The number of hydrogen-bond donors (Lipinski definition) is 1. The van der Waals surface area contributed by atoms with Crippen LogP contribution in [0.25, 0.3) is 0 Å². The Bertz CT molecular complexity index is 558. The number of aromatic nitrogens is 3. The van der Waals surface area contributed by atoms with Gasteiger partial charge in [0.15, 0.2) is 0 Å². The van der Waals surface area contributed by atoms with Gasteiger partial charge < -0.3 is 5.73 Å². The van der Waals surface area contributed by atoms with E-state index in [0.717, 1.165) is 25.8 Å².